The summed E-state index contributed by atoms with van der Waals surface area (Å²) >= 11 is 0. The Hall–Kier alpha value is -4.24. The second-order valence-corrected chi connectivity index (χ2v) is 8.18. The molecule has 2 aromatic rings. The number of carbonyl (C=O) groups excluding carboxylic acids is 3. The molecule has 2 aliphatic rings. The highest BCUT2D eigenvalue weighted by molar-refractivity contribution is 6.35. The number of fused-ring (bicyclic) bond motifs is 1. The molecule has 0 saturated carbocycles. The monoisotopic (exact) mass is 479 g/mol. The van der Waals surface area contributed by atoms with Gasteiger partial charge < -0.3 is 24.0 Å². The molecule has 2 amide bonds. The second-order valence-electron chi connectivity index (χ2n) is 8.18. The average Bonchev–Trinajstić information content (AvgIpc) is 3.35. The quantitative estimate of drug-likeness (QED) is 0.169. The summed E-state index contributed by atoms with van der Waals surface area (Å²) in [6, 6.07) is 14.7. The van der Waals surface area contributed by atoms with Crippen LogP contribution in [0, 0.1) is 5.92 Å². The van der Waals surface area contributed by atoms with Crippen LogP contribution in [0.15, 0.2) is 53.6 Å². The van der Waals surface area contributed by atoms with Gasteiger partial charge in [-0.05, 0) is 35.2 Å². The van der Waals surface area contributed by atoms with Gasteiger partial charge in [-0.1, -0.05) is 41.5 Å². The SMILES string of the molecule is [N-]=[N+]=NCCN1CCN(CC(Cc2ccc3c(c2)OCO3)C(=O)OCc2ccccc2)C(=O)C1=O. The lowest BCUT2D eigenvalue weighted by molar-refractivity contribution is -0.159. The van der Waals surface area contributed by atoms with Crippen molar-refractivity contribution in [2.45, 2.75) is 13.0 Å². The minimum absolute atomic E-state index is 0.0385. The molecule has 0 spiro atoms. The molecule has 1 atom stereocenters. The highest BCUT2D eigenvalue weighted by Crippen LogP contribution is 2.33. The lowest BCUT2D eigenvalue weighted by atomic mass is 9.97. The molecule has 2 aromatic carbocycles. The highest BCUT2D eigenvalue weighted by atomic mass is 16.7. The summed E-state index contributed by atoms with van der Waals surface area (Å²) < 4.78 is 16.4. The van der Waals surface area contributed by atoms with Gasteiger partial charge in [0.2, 0.25) is 6.79 Å². The maximum atomic E-state index is 13.1. The zero-order valence-corrected chi connectivity index (χ0v) is 19.0. The number of hydrogen-bond acceptors (Lipinski definition) is 7. The van der Waals surface area contributed by atoms with E-state index in [4.69, 9.17) is 19.7 Å². The van der Waals surface area contributed by atoms with E-state index < -0.39 is 23.7 Å². The summed E-state index contributed by atoms with van der Waals surface area (Å²) in [7, 11) is 0. The normalized spacial score (nSPS) is 15.5. The number of azide groups is 1. The van der Waals surface area contributed by atoms with Gasteiger partial charge in [0.25, 0.3) is 0 Å². The van der Waals surface area contributed by atoms with Crippen molar-refractivity contribution in [3.8, 4) is 11.5 Å². The molecule has 2 heterocycles. The number of nitrogens with zero attached hydrogens (tertiary/aromatic N) is 5. The molecule has 0 aliphatic carbocycles. The van der Waals surface area contributed by atoms with Crippen molar-refractivity contribution in [1.29, 1.82) is 0 Å². The smallest absolute Gasteiger partial charge is 0.312 e. The number of benzene rings is 2. The number of rotatable bonds is 10. The van der Waals surface area contributed by atoms with Crippen molar-refractivity contribution in [3.63, 3.8) is 0 Å². The van der Waals surface area contributed by atoms with Crippen LogP contribution < -0.4 is 9.47 Å². The molecule has 182 valence electrons. The fourth-order valence-corrected chi connectivity index (χ4v) is 4.00. The van der Waals surface area contributed by atoms with E-state index in [1.807, 2.05) is 36.4 Å². The Morgan fingerprint density at radius 1 is 1.03 bits per heavy atom. The summed E-state index contributed by atoms with van der Waals surface area (Å²) in [5, 5.41) is 3.41. The topological polar surface area (TPSA) is 134 Å². The first-order valence-corrected chi connectivity index (χ1v) is 11.2. The van der Waals surface area contributed by atoms with Gasteiger partial charge in [0, 0.05) is 37.6 Å². The van der Waals surface area contributed by atoms with E-state index in [9.17, 15) is 14.4 Å². The predicted molar refractivity (Wildman–Crippen MR) is 123 cm³/mol. The molecule has 1 fully saturated rings. The van der Waals surface area contributed by atoms with E-state index in [2.05, 4.69) is 10.0 Å². The number of ether oxygens (including phenoxy) is 3. The molecule has 4 rings (SSSR count). The van der Waals surface area contributed by atoms with Gasteiger partial charge in [0.15, 0.2) is 11.5 Å². The third-order valence-corrected chi connectivity index (χ3v) is 5.85. The van der Waals surface area contributed by atoms with Crippen LogP contribution in [0.5, 0.6) is 11.5 Å². The number of piperazine rings is 1. The largest absolute Gasteiger partial charge is 0.461 e. The number of carbonyl (C=O) groups is 3. The lowest BCUT2D eigenvalue weighted by Crippen LogP contribution is -2.56. The minimum Gasteiger partial charge on any atom is -0.461 e. The molecule has 0 bridgehead atoms. The van der Waals surface area contributed by atoms with E-state index in [0.29, 0.717) is 24.5 Å². The maximum absolute atomic E-state index is 13.1. The zero-order valence-electron chi connectivity index (χ0n) is 19.0. The number of esters is 1. The standard InChI is InChI=1S/C24H25N5O6/c25-27-26-8-9-28-10-11-29(23(31)22(28)30)14-19(24(32)33-15-17-4-2-1-3-5-17)12-18-6-7-20-21(13-18)35-16-34-20/h1-7,13,19H,8-12,14-16H2. The molecule has 0 N–H and O–H groups in total. The van der Waals surface area contributed by atoms with E-state index in [0.717, 1.165) is 11.1 Å². The average molecular weight is 479 g/mol. The van der Waals surface area contributed by atoms with Crippen molar-refractivity contribution >= 4 is 17.8 Å². The van der Waals surface area contributed by atoms with Crippen molar-refractivity contribution < 1.29 is 28.6 Å². The zero-order chi connectivity index (χ0) is 24.6. The first kappa shape index (κ1) is 23.9. The van der Waals surface area contributed by atoms with Crippen LogP contribution in [0.4, 0.5) is 0 Å². The molecular formula is C24H25N5O6. The van der Waals surface area contributed by atoms with Crippen LogP contribution in [-0.4, -0.2) is 67.1 Å². The van der Waals surface area contributed by atoms with Crippen LogP contribution in [0.2, 0.25) is 0 Å². The summed E-state index contributed by atoms with van der Waals surface area (Å²) in [6.07, 6.45) is 0.294. The number of hydrogen-bond donors (Lipinski definition) is 0. The Morgan fingerprint density at radius 3 is 2.57 bits per heavy atom. The molecular weight excluding hydrogens is 454 g/mol. The summed E-state index contributed by atoms with van der Waals surface area (Å²) in [6.45, 7) is 1.11. The van der Waals surface area contributed by atoms with Crippen LogP contribution in [0.25, 0.3) is 10.4 Å². The van der Waals surface area contributed by atoms with Crippen molar-refractivity contribution in [2.24, 2.45) is 11.0 Å². The Balaban J connectivity index is 1.45. The third-order valence-electron chi connectivity index (χ3n) is 5.85. The third kappa shape index (κ3) is 6.01. The first-order chi connectivity index (χ1) is 17.0. The van der Waals surface area contributed by atoms with Gasteiger partial charge in [-0.25, -0.2) is 0 Å². The second kappa shape index (κ2) is 11.3. The fourth-order valence-electron chi connectivity index (χ4n) is 4.00. The van der Waals surface area contributed by atoms with E-state index in [-0.39, 0.29) is 39.6 Å². The van der Waals surface area contributed by atoms with Crippen LogP contribution in [-0.2, 0) is 32.1 Å². The maximum Gasteiger partial charge on any atom is 0.312 e. The molecule has 11 heteroatoms. The first-order valence-electron chi connectivity index (χ1n) is 11.2. The molecule has 1 unspecified atom stereocenters. The van der Waals surface area contributed by atoms with E-state index in [1.165, 1.54) is 9.80 Å². The Morgan fingerprint density at radius 2 is 1.77 bits per heavy atom. The predicted octanol–water partition coefficient (Wildman–Crippen LogP) is 2.30. The van der Waals surface area contributed by atoms with Crippen molar-refractivity contribution in [1.82, 2.24) is 9.80 Å². The molecule has 35 heavy (non-hydrogen) atoms. The van der Waals surface area contributed by atoms with E-state index in [1.54, 1.807) is 12.1 Å². The van der Waals surface area contributed by atoms with Gasteiger partial charge >= 0.3 is 17.8 Å². The Kier molecular flexibility index (Phi) is 7.69. The lowest BCUT2D eigenvalue weighted by Gasteiger charge is -2.35. The summed E-state index contributed by atoms with van der Waals surface area (Å²) in [5.74, 6) is -1.29. The highest BCUT2D eigenvalue weighted by Gasteiger charge is 2.35. The van der Waals surface area contributed by atoms with E-state index >= 15 is 0 Å². The van der Waals surface area contributed by atoms with Gasteiger partial charge in [-0.15, -0.1) is 0 Å². The van der Waals surface area contributed by atoms with Crippen molar-refractivity contribution in [3.05, 3.63) is 70.1 Å². The Labute approximate surface area is 201 Å². The Bertz CT molecular complexity index is 1130. The van der Waals surface area contributed by atoms with Crippen LogP contribution in [0.1, 0.15) is 11.1 Å². The fraction of sp³-hybridized carbons (Fsp3) is 0.375. The van der Waals surface area contributed by atoms with Gasteiger partial charge in [0.05, 0.1) is 5.92 Å². The molecule has 11 nitrogen and oxygen atoms in total. The van der Waals surface area contributed by atoms with Crippen LogP contribution >= 0.6 is 0 Å². The summed E-state index contributed by atoms with van der Waals surface area (Å²) in [5.41, 5.74) is 10.1. The molecule has 1 saturated heterocycles. The van der Waals surface area contributed by atoms with Gasteiger partial charge in [-0.3, -0.25) is 14.4 Å². The number of amides is 2. The molecule has 2 aliphatic heterocycles. The van der Waals surface area contributed by atoms with Crippen molar-refractivity contribution in [2.75, 3.05) is 39.5 Å². The molecule has 0 radical (unpaired) electrons. The summed E-state index contributed by atoms with van der Waals surface area (Å²) in [4.78, 5) is 43.8. The van der Waals surface area contributed by atoms with Crippen LogP contribution in [0.3, 0.4) is 0 Å². The van der Waals surface area contributed by atoms with Gasteiger partial charge in [0.1, 0.15) is 6.61 Å². The minimum atomic E-state index is -0.691. The van der Waals surface area contributed by atoms with Gasteiger partial charge in [-0.2, -0.15) is 0 Å². The molecule has 0 aromatic heterocycles.